The Bertz CT molecular complexity index is 746. The molecule has 0 spiro atoms. The van der Waals surface area contributed by atoms with Crippen LogP contribution in [0.25, 0.3) is 10.6 Å². The molecule has 2 aromatic rings. The first kappa shape index (κ1) is 14.4. The first-order valence-corrected chi connectivity index (χ1v) is 8.65. The Balaban J connectivity index is 1.53. The Morgan fingerprint density at radius 1 is 1.26 bits per heavy atom. The zero-order valence-corrected chi connectivity index (χ0v) is 13.7. The number of carbonyl (C=O) groups excluding carboxylic acids is 2. The van der Waals surface area contributed by atoms with Crippen LogP contribution in [0, 0.1) is 6.92 Å². The molecule has 5 nitrogen and oxygen atoms in total. The number of benzene rings is 1. The van der Waals surface area contributed by atoms with Crippen LogP contribution in [0.2, 0.25) is 0 Å². The molecule has 1 unspecified atom stereocenters. The van der Waals surface area contributed by atoms with Crippen LogP contribution in [-0.2, 0) is 11.3 Å². The van der Waals surface area contributed by atoms with Gasteiger partial charge in [-0.1, -0.05) is 29.8 Å². The van der Waals surface area contributed by atoms with Crippen LogP contribution in [0.1, 0.15) is 24.1 Å². The summed E-state index contributed by atoms with van der Waals surface area (Å²) in [5.74, 6) is -0.0719. The van der Waals surface area contributed by atoms with Gasteiger partial charge in [0.1, 0.15) is 11.0 Å². The van der Waals surface area contributed by atoms with Gasteiger partial charge in [-0.2, -0.15) is 0 Å². The number of hydrogen-bond donors (Lipinski definition) is 0. The van der Waals surface area contributed by atoms with E-state index in [0.29, 0.717) is 6.54 Å². The molecule has 6 heteroatoms. The molecular formula is C17H17N3O2S. The largest absolute Gasteiger partial charge is 0.327 e. The summed E-state index contributed by atoms with van der Waals surface area (Å²) in [7, 11) is 0. The van der Waals surface area contributed by atoms with E-state index in [0.717, 1.165) is 29.1 Å². The molecule has 1 atom stereocenters. The van der Waals surface area contributed by atoms with Gasteiger partial charge < -0.3 is 4.90 Å². The zero-order valence-electron chi connectivity index (χ0n) is 12.9. The average Bonchev–Trinajstić information content (AvgIpc) is 3.25. The molecule has 2 fully saturated rings. The van der Waals surface area contributed by atoms with Gasteiger partial charge in [0.2, 0.25) is 0 Å². The molecule has 3 heterocycles. The third-order valence-electron chi connectivity index (χ3n) is 4.45. The summed E-state index contributed by atoms with van der Waals surface area (Å²) in [4.78, 5) is 32.3. The highest BCUT2D eigenvalue weighted by Gasteiger charge is 2.47. The Morgan fingerprint density at radius 2 is 2.04 bits per heavy atom. The molecule has 2 aliphatic heterocycles. The Kier molecular flexibility index (Phi) is 3.41. The minimum Gasteiger partial charge on any atom is -0.312 e. The Labute approximate surface area is 138 Å². The molecule has 0 aliphatic carbocycles. The van der Waals surface area contributed by atoms with Crippen molar-refractivity contribution in [3.8, 4) is 10.6 Å². The van der Waals surface area contributed by atoms with Crippen LogP contribution >= 0.6 is 11.3 Å². The van der Waals surface area contributed by atoms with Crippen LogP contribution < -0.4 is 0 Å². The van der Waals surface area contributed by atoms with Gasteiger partial charge in [-0.05, 0) is 19.8 Å². The van der Waals surface area contributed by atoms with Crippen molar-refractivity contribution in [2.45, 2.75) is 32.4 Å². The van der Waals surface area contributed by atoms with Gasteiger partial charge in [-0.3, -0.25) is 9.69 Å². The summed E-state index contributed by atoms with van der Waals surface area (Å²) in [6.07, 6.45) is 1.71. The zero-order chi connectivity index (χ0) is 16.0. The summed E-state index contributed by atoms with van der Waals surface area (Å²) < 4.78 is 0. The Hall–Kier alpha value is -2.21. The lowest BCUT2D eigenvalue weighted by Gasteiger charge is -2.14. The number of aryl methyl sites for hydroxylation is 1. The Morgan fingerprint density at radius 3 is 2.78 bits per heavy atom. The lowest BCUT2D eigenvalue weighted by molar-refractivity contribution is -0.128. The van der Waals surface area contributed by atoms with Crippen molar-refractivity contribution in [2.24, 2.45) is 0 Å². The van der Waals surface area contributed by atoms with Gasteiger partial charge in [0.15, 0.2) is 0 Å². The van der Waals surface area contributed by atoms with Gasteiger partial charge in [-0.15, -0.1) is 11.3 Å². The number of urea groups is 1. The van der Waals surface area contributed by atoms with Crippen molar-refractivity contribution in [1.29, 1.82) is 0 Å². The van der Waals surface area contributed by atoms with E-state index in [1.807, 2.05) is 24.4 Å². The van der Waals surface area contributed by atoms with Gasteiger partial charge in [0, 0.05) is 17.5 Å². The molecule has 23 heavy (non-hydrogen) atoms. The number of amides is 3. The number of nitrogens with zero attached hydrogens (tertiary/aromatic N) is 3. The fraction of sp³-hybridized carbons (Fsp3) is 0.353. The van der Waals surface area contributed by atoms with E-state index < -0.39 is 0 Å². The first-order valence-electron chi connectivity index (χ1n) is 7.77. The first-order chi connectivity index (χ1) is 11.1. The maximum atomic E-state index is 12.4. The number of imide groups is 1. The predicted octanol–water partition coefficient (Wildman–Crippen LogP) is 3.05. The average molecular weight is 327 g/mol. The summed E-state index contributed by atoms with van der Waals surface area (Å²) in [6, 6.07) is 7.79. The second kappa shape index (κ2) is 5.45. The third-order valence-corrected chi connectivity index (χ3v) is 5.39. The highest BCUT2D eigenvalue weighted by atomic mass is 32.1. The van der Waals surface area contributed by atoms with Crippen molar-refractivity contribution < 1.29 is 9.59 Å². The maximum absolute atomic E-state index is 12.4. The summed E-state index contributed by atoms with van der Waals surface area (Å²) in [5.41, 5.74) is 3.04. The molecular weight excluding hydrogens is 310 g/mol. The molecule has 1 aromatic heterocycles. The number of hydrogen-bond acceptors (Lipinski definition) is 4. The van der Waals surface area contributed by atoms with Gasteiger partial charge in [0.25, 0.3) is 5.91 Å². The second-order valence-corrected chi connectivity index (χ2v) is 6.93. The molecule has 0 bridgehead atoms. The van der Waals surface area contributed by atoms with Gasteiger partial charge >= 0.3 is 6.03 Å². The fourth-order valence-corrected chi connectivity index (χ4v) is 4.01. The number of carbonyl (C=O) groups is 2. The lowest BCUT2D eigenvalue weighted by Crippen LogP contribution is -2.32. The highest BCUT2D eigenvalue weighted by molar-refractivity contribution is 7.13. The van der Waals surface area contributed by atoms with E-state index >= 15 is 0 Å². The van der Waals surface area contributed by atoms with E-state index in [-0.39, 0.29) is 24.5 Å². The summed E-state index contributed by atoms with van der Waals surface area (Å²) in [5, 5.41) is 2.85. The topological polar surface area (TPSA) is 53.5 Å². The minimum atomic E-state index is -0.238. The van der Waals surface area contributed by atoms with Crippen LogP contribution in [0.5, 0.6) is 0 Å². The van der Waals surface area contributed by atoms with Crippen LogP contribution in [-0.4, -0.2) is 39.3 Å². The third kappa shape index (κ3) is 2.43. The molecule has 0 radical (unpaired) electrons. The van der Waals surface area contributed by atoms with Crippen LogP contribution in [0.15, 0.2) is 29.6 Å². The molecule has 4 rings (SSSR count). The lowest BCUT2D eigenvalue weighted by atomic mass is 10.2. The molecule has 1 aromatic carbocycles. The maximum Gasteiger partial charge on any atom is 0.327 e. The van der Waals surface area contributed by atoms with Gasteiger partial charge in [-0.25, -0.2) is 9.78 Å². The molecule has 3 amide bonds. The molecule has 118 valence electrons. The van der Waals surface area contributed by atoms with Crippen LogP contribution in [0.3, 0.4) is 0 Å². The molecule has 2 aliphatic rings. The predicted molar refractivity (Wildman–Crippen MR) is 88.0 cm³/mol. The fourth-order valence-electron chi connectivity index (χ4n) is 3.20. The van der Waals surface area contributed by atoms with Crippen molar-refractivity contribution in [2.75, 3.05) is 6.54 Å². The number of aromatic nitrogens is 1. The number of fused-ring (bicyclic) bond motifs is 1. The van der Waals surface area contributed by atoms with E-state index in [1.54, 1.807) is 16.2 Å². The van der Waals surface area contributed by atoms with Crippen molar-refractivity contribution in [3.63, 3.8) is 0 Å². The normalized spacial score (nSPS) is 20.5. The van der Waals surface area contributed by atoms with Gasteiger partial charge in [0.05, 0.1) is 12.2 Å². The quantitative estimate of drug-likeness (QED) is 0.814. The standard InChI is InChI=1S/C17H17N3O2S/c1-11-4-6-12(7-5-11)15-18-13(10-23-15)9-20-16(21)14-3-2-8-19(14)17(20)22/h4-7,10,14H,2-3,8-9H2,1H3. The number of thiazole rings is 1. The SMILES string of the molecule is Cc1ccc(-c2nc(CN3C(=O)C4CCCN4C3=O)cs2)cc1. The number of rotatable bonds is 3. The highest BCUT2D eigenvalue weighted by Crippen LogP contribution is 2.30. The van der Waals surface area contributed by atoms with Crippen LogP contribution in [0.4, 0.5) is 4.79 Å². The van der Waals surface area contributed by atoms with E-state index in [1.165, 1.54) is 10.5 Å². The second-order valence-electron chi connectivity index (χ2n) is 6.07. The van der Waals surface area contributed by atoms with Crippen molar-refractivity contribution in [3.05, 3.63) is 40.9 Å². The van der Waals surface area contributed by atoms with E-state index in [9.17, 15) is 9.59 Å². The van der Waals surface area contributed by atoms with E-state index in [4.69, 9.17) is 0 Å². The molecule has 0 saturated carbocycles. The summed E-state index contributed by atoms with van der Waals surface area (Å²) in [6.45, 7) is 3.01. The monoisotopic (exact) mass is 327 g/mol. The molecule has 2 saturated heterocycles. The molecule has 0 N–H and O–H groups in total. The van der Waals surface area contributed by atoms with Crippen molar-refractivity contribution in [1.82, 2.24) is 14.8 Å². The van der Waals surface area contributed by atoms with Crippen molar-refractivity contribution >= 4 is 23.3 Å². The van der Waals surface area contributed by atoms with E-state index in [2.05, 4.69) is 17.1 Å². The summed E-state index contributed by atoms with van der Waals surface area (Å²) >= 11 is 1.54. The minimum absolute atomic E-state index is 0.0719. The smallest absolute Gasteiger partial charge is 0.312 e.